The van der Waals surface area contributed by atoms with Crippen molar-refractivity contribution in [2.45, 2.75) is 44.7 Å². The van der Waals surface area contributed by atoms with Crippen LogP contribution >= 0.6 is 0 Å². The molecule has 2 aliphatic rings. The molecule has 2 heterocycles. The van der Waals surface area contributed by atoms with Crippen molar-refractivity contribution in [1.82, 2.24) is 19.8 Å². The van der Waals surface area contributed by atoms with Gasteiger partial charge in [0.1, 0.15) is 0 Å². The molecule has 0 aliphatic carbocycles. The van der Waals surface area contributed by atoms with E-state index in [1.54, 1.807) is 16.7 Å². The highest BCUT2D eigenvalue weighted by molar-refractivity contribution is 7.88. The Morgan fingerprint density at radius 3 is 1.87 bits per heavy atom. The fourth-order valence-electron chi connectivity index (χ4n) is 3.11. The lowest BCUT2D eigenvalue weighted by atomic mass is 10.0. The summed E-state index contributed by atoms with van der Waals surface area (Å²) < 4.78 is 25.0. The van der Waals surface area contributed by atoms with Gasteiger partial charge in [0, 0.05) is 45.2 Å². The molecule has 0 bridgehead atoms. The molecule has 2 aliphatic heterocycles. The molecule has 9 heteroatoms. The average Bonchev–Trinajstić information content (AvgIpc) is 2.46. The first-order valence-corrected chi connectivity index (χ1v) is 9.92. The molecule has 132 valence electrons. The molecule has 0 spiro atoms. The molecule has 8 nitrogen and oxygen atoms in total. The monoisotopic (exact) mass is 346 g/mol. The molecule has 0 saturated carbocycles. The van der Waals surface area contributed by atoms with Crippen LogP contribution in [0, 0.1) is 0 Å². The molecule has 3 amide bonds. The predicted molar refractivity (Wildman–Crippen MR) is 86.4 cm³/mol. The molecule has 0 aromatic carbocycles. The molecule has 2 rings (SSSR count). The Morgan fingerprint density at radius 2 is 1.39 bits per heavy atom. The molecule has 0 radical (unpaired) electrons. The third kappa shape index (κ3) is 5.65. The lowest BCUT2D eigenvalue weighted by Crippen LogP contribution is -2.53. The largest absolute Gasteiger partial charge is 0.343 e. The third-order valence-electron chi connectivity index (χ3n) is 4.43. The Labute approximate surface area is 137 Å². The van der Waals surface area contributed by atoms with E-state index in [-0.39, 0.29) is 24.0 Å². The summed E-state index contributed by atoms with van der Waals surface area (Å²) in [6, 6.07) is -0.0816. The first-order chi connectivity index (χ1) is 10.7. The second-order valence-corrected chi connectivity index (χ2v) is 8.16. The van der Waals surface area contributed by atoms with Gasteiger partial charge in [-0.2, -0.15) is 0 Å². The minimum atomic E-state index is -3.20. The minimum Gasteiger partial charge on any atom is -0.343 e. The quantitative estimate of drug-likeness (QED) is 0.734. The van der Waals surface area contributed by atoms with E-state index in [9.17, 15) is 18.0 Å². The summed E-state index contributed by atoms with van der Waals surface area (Å²) in [5, 5.41) is 3.02. The summed E-state index contributed by atoms with van der Waals surface area (Å²) in [6.45, 7) is 4.02. The van der Waals surface area contributed by atoms with Gasteiger partial charge >= 0.3 is 6.03 Å². The number of urea groups is 1. The van der Waals surface area contributed by atoms with Crippen LogP contribution in [0.2, 0.25) is 0 Å². The average molecular weight is 346 g/mol. The van der Waals surface area contributed by atoms with Crippen LogP contribution in [0.5, 0.6) is 0 Å². The van der Waals surface area contributed by atoms with Crippen molar-refractivity contribution in [2.75, 3.05) is 32.4 Å². The maximum Gasteiger partial charge on any atom is 0.317 e. The Bertz CT molecular complexity index is 535. The Hall–Kier alpha value is -1.35. The number of piperidine rings is 2. The molecule has 2 N–H and O–H groups in total. The summed E-state index contributed by atoms with van der Waals surface area (Å²) in [7, 11) is -3.20. The van der Waals surface area contributed by atoms with Crippen molar-refractivity contribution in [3.05, 3.63) is 0 Å². The van der Waals surface area contributed by atoms with Crippen molar-refractivity contribution < 1.29 is 18.0 Å². The van der Waals surface area contributed by atoms with E-state index in [1.165, 1.54) is 0 Å². The Morgan fingerprint density at radius 1 is 0.913 bits per heavy atom. The first kappa shape index (κ1) is 18.0. The Balaban J connectivity index is 1.72. The SMILES string of the molecule is CC(=O)N1CCC(NC(=O)N2CCC(NS(C)(=O)=O)CC2)CC1. The number of sulfonamides is 1. The van der Waals surface area contributed by atoms with Gasteiger partial charge in [0.15, 0.2) is 0 Å². The molecular weight excluding hydrogens is 320 g/mol. The number of rotatable bonds is 3. The van der Waals surface area contributed by atoms with Crippen molar-refractivity contribution in [3.63, 3.8) is 0 Å². The van der Waals surface area contributed by atoms with Gasteiger partial charge in [-0.15, -0.1) is 0 Å². The zero-order chi connectivity index (χ0) is 17.0. The van der Waals surface area contributed by atoms with Crippen LogP contribution in [0.3, 0.4) is 0 Å². The molecule has 0 unspecified atom stereocenters. The van der Waals surface area contributed by atoms with Crippen LogP contribution in [0.15, 0.2) is 0 Å². The van der Waals surface area contributed by atoms with Crippen LogP contribution in [-0.4, -0.2) is 74.7 Å². The van der Waals surface area contributed by atoms with Gasteiger partial charge in [-0.3, -0.25) is 4.79 Å². The first-order valence-electron chi connectivity index (χ1n) is 8.03. The highest BCUT2D eigenvalue weighted by Crippen LogP contribution is 2.14. The number of amides is 3. The topological polar surface area (TPSA) is 98.8 Å². The molecule has 2 fully saturated rings. The van der Waals surface area contributed by atoms with Crippen LogP contribution < -0.4 is 10.0 Å². The van der Waals surface area contributed by atoms with Gasteiger partial charge in [-0.05, 0) is 25.7 Å². The zero-order valence-electron chi connectivity index (χ0n) is 13.7. The van der Waals surface area contributed by atoms with E-state index >= 15 is 0 Å². The highest BCUT2D eigenvalue weighted by Gasteiger charge is 2.27. The summed E-state index contributed by atoms with van der Waals surface area (Å²) >= 11 is 0. The maximum absolute atomic E-state index is 12.3. The van der Waals surface area contributed by atoms with Gasteiger partial charge in [0.2, 0.25) is 15.9 Å². The second kappa shape index (κ2) is 7.48. The maximum atomic E-state index is 12.3. The summed E-state index contributed by atoms with van der Waals surface area (Å²) in [6.07, 6.45) is 3.96. The summed E-state index contributed by atoms with van der Waals surface area (Å²) in [5.74, 6) is 0.0789. The number of nitrogens with one attached hydrogen (secondary N) is 2. The number of hydrogen-bond acceptors (Lipinski definition) is 4. The summed E-state index contributed by atoms with van der Waals surface area (Å²) in [4.78, 5) is 27.1. The van der Waals surface area contributed by atoms with E-state index in [0.29, 0.717) is 39.0 Å². The van der Waals surface area contributed by atoms with Crippen molar-refractivity contribution in [2.24, 2.45) is 0 Å². The standard InChI is InChI=1S/C14H26N4O4S/c1-11(19)17-7-3-12(4-8-17)15-14(20)18-9-5-13(6-10-18)16-23(2,21)22/h12-13,16H,3-10H2,1-2H3,(H,15,20). The normalized spacial score (nSPS) is 21.3. The number of nitrogens with zero attached hydrogens (tertiary/aromatic N) is 2. The predicted octanol–water partition coefficient (Wildman–Crippen LogP) is -0.279. The van der Waals surface area contributed by atoms with Crippen LogP contribution in [0.1, 0.15) is 32.6 Å². The highest BCUT2D eigenvalue weighted by atomic mass is 32.2. The van der Waals surface area contributed by atoms with Gasteiger partial charge < -0.3 is 15.1 Å². The van der Waals surface area contributed by atoms with E-state index in [4.69, 9.17) is 0 Å². The van der Waals surface area contributed by atoms with Crippen molar-refractivity contribution in [1.29, 1.82) is 0 Å². The number of carbonyl (C=O) groups is 2. The molecular formula is C14H26N4O4S. The number of likely N-dealkylation sites (tertiary alicyclic amines) is 2. The molecule has 0 aromatic rings. The summed E-state index contributed by atoms with van der Waals surface area (Å²) in [5.41, 5.74) is 0. The van der Waals surface area contributed by atoms with Crippen LogP contribution in [0.25, 0.3) is 0 Å². The minimum absolute atomic E-state index is 0.0789. The number of hydrogen-bond donors (Lipinski definition) is 2. The molecule has 0 atom stereocenters. The molecule has 0 aromatic heterocycles. The van der Waals surface area contributed by atoms with Gasteiger partial charge in [0.25, 0.3) is 0 Å². The van der Waals surface area contributed by atoms with Crippen molar-refractivity contribution >= 4 is 22.0 Å². The fourth-order valence-corrected chi connectivity index (χ4v) is 3.95. The van der Waals surface area contributed by atoms with E-state index in [2.05, 4.69) is 10.0 Å². The fraction of sp³-hybridized carbons (Fsp3) is 0.857. The van der Waals surface area contributed by atoms with Gasteiger partial charge in [-0.1, -0.05) is 0 Å². The van der Waals surface area contributed by atoms with Crippen LogP contribution in [-0.2, 0) is 14.8 Å². The van der Waals surface area contributed by atoms with Crippen molar-refractivity contribution in [3.8, 4) is 0 Å². The number of carbonyl (C=O) groups excluding carboxylic acids is 2. The van der Waals surface area contributed by atoms with E-state index in [0.717, 1.165) is 19.1 Å². The van der Waals surface area contributed by atoms with E-state index in [1.807, 2.05) is 0 Å². The molecule has 2 saturated heterocycles. The third-order valence-corrected chi connectivity index (χ3v) is 5.19. The Kier molecular flexibility index (Phi) is 5.85. The van der Waals surface area contributed by atoms with Gasteiger partial charge in [0.05, 0.1) is 6.26 Å². The van der Waals surface area contributed by atoms with Crippen LogP contribution in [0.4, 0.5) is 4.79 Å². The lowest BCUT2D eigenvalue weighted by Gasteiger charge is -2.35. The second-order valence-electron chi connectivity index (χ2n) is 6.38. The van der Waals surface area contributed by atoms with E-state index < -0.39 is 10.0 Å². The zero-order valence-corrected chi connectivity index (χ0v) is 14.6. The smallest absolute Gasteiger partial charge is 0.317 e. The lowest BCUT2D eigenvalue weighted by molar-refractivity contribution is -0.129. The van der Waals surface area contributed by atoms with Gasteiger partial charge in [-0.25, -0.2) is 17.9 Å². The molecule has 23 heavy (non-hydrogen) atoms.